The normalized spacial score (nSPS) is 12.3. The first-order valence-electron chi connectivity index (χ1n) is 6.62. The van der Waals surface area contributed by atoms with E-state index in [9.17, 15) is 0 Å². The van der Waals surface area contributed by atoms with Crippen LogP contribution in [0.1, 0.15) is 26.3 Å². The minimum absolute atomic E-state index is 0.190. The zero-order valence-electron chi connectivity index (χ0n) is 13.3. The Bertz CT molecular complexity index is 470. The Hall–Kier alpha value is -1.64. The van der Waals surface area contributed by atoms with Crippen LogP contribution in [-0.2, 0) is 5.41 Å². The summed E-state index contributed by atoms with van der Waals surface area (Å²) in [6, 6.07) is 4.38. The lowest BCUT2D eigenvalue weighted by atomic mass is 9.88. The van der Waals surface area contributed by atoms with Gasteiger partial charge in [-0.1, -0.05) is 20.8 Å². The molecule has 0 aliphatic heterocycles. The van der Waals surface area contributed by atoms with E-state index in [1.54, 1.807) is 0 Å². The fraction of sp³-hybridized carbons (Fsp3) is 0.500. The maximum absolute atomic E-state index is 2.23. The largest absolute Gasteiger partial charge is 0.378 e. The van der Waals surface area contributed by atoms with Crippen LogP contribution in [0, 0.1) is 0 Å². The van der Waals surface area contributed by atoms with Crippen molar-refractivity contribution in [1.29, 1.82) is 0 Å². The van der Waals surface area contributed by atoms with Crippen LogP contribution in [0.25, 0.3) is 5.70 Å². The highest BCUT2D eigenvalue weighted by Gasteiger charge is 2.17. The van der Waals surface area contributed by atoms with E-state index in [1.807, 2.05) is 28.2 Å². The number of allylic oxidation sites excluding steroid dienone is 1. The highest BCUT2D eigenvalue weighted by Crippen LogP contribution is 2.20. The molecule has 104 valence electrons. The summed E-state index contributed by atoms with van der Waals surface area (Å²) in [5.74, 6) is 0. The van der Waals surface area contributed by atoms with Crippen molar-refractivity contribution >= 4 is 11.9 Å². The van der Waals surface area contributed by atoms with Crippen molar-refractivity contribution in [3.05, 3.63) is 36.3 Å². The highest BCUT2D eigenvalue weighted by atomic mass is 15.1. The van der Waals surface area contributed by atoms with E-state index < -0.39 is 0 Å². The second-order valence-electron chi connectivity index (χ2n) is 6.35. The first-order chi connectivity index (χ1) is 8.70. The molecule has 1 rings (SSSR count). The quantitative estimate of drug-likeness (QED) is 0.597. The second kappa shape index (κ2) is 6.00. The number of rotatable bonds is 3. The van der Waals surface area contributed by atoms with Crippen LogP contribution in [0.15, 0.2) is 30.7 Å². The lowest BCUT2D eigenvalue weighted by Crippen LogP contribution is -2.35. The zero-order chi connectivity index (χ0) is 14.6. The van der Waals surface area contributed by atoms with Crippen LogP contribution < -0.4 is 4.57 Å². The van der Waals surface area contributed by atoms with Crippen molar-refractivity contribution in [2.75, 3.05) is 28.2 Å². The summed E-state index contributed by atoms with van der Waals surface area (Å²) in [6.45, 7) is 6.69. The van der Waals surface area contributed by atoms with Crippen LogP contribution in [0.2, 0.25) is 0 Å². The molecule has 0 saturated heterocycles. The lowest BCUT2D eigenvalue weighted by molar-refractivity contribution is -0.580. The number of nitrogens with zero attached hydrogens (tertiary/aromatic N) is 3. The van der Waals surface area contributed by atoms with Gasteiger partial charge in [-0.15, -0.1) is 0 Å². The predicted octanol–water partition coefficient (Wildman–Crippen LogP) is 1.97. The van der Waals surface area contributed by atoms with E-state index in [4.69, 9.17) is 0 Å². The minimum Gasteiger partial charge on any atom is -0.378 e. The molecular weight excluding hydrogens is 234 g/mol. The summed E-state index contributed by atoms with van der Waals surface area (Å²) in [5, 5.41) is 0. The topological polar surface area (TPSA) is 10.1 Å². The summed E-state index contributed by atoms with van der Waals surface area (Å²) in [7, 11) is 8.14. The number of pyridine rings is 1. The first-order valence-corrected chi connectivity index (χ1v) is 6.62. The Labute approximate surface area is 117 Å². The van der Waals surface area contributed by atoms with E-state index in [2.05, 4.69) is 71.8 Å². The highest BCUT2D eigenvalue weighted by molar-refractivity contribution is 5.94. The van der Waals surface area contributed by atoms with E-state index >= 15 is 0 Å². The average Bonchev–Trinajstić information content (AvgIpc) is 2.26. The molecule has 0 atom stereocenters. The van der Waals surface area contributed by atoms with Crippen LogP contribution in [0.4, 0.5) is 0 Å². The molecule has 0 aromatic carbocycles. The van der Waals surface area contributed by atoms with Crippen molar-refractivity contribution in [3.8, 4) is 0 Å². The smallest absolute Gasteiger partial charge is 0.290 e. The molecule has 0 N–H and O–H groups in total. The predicted molar refractivity (Wildman–Crippen MR) is 81.5 cm³/mol. The number of hydrogen-bond acceptors (Lipinski definition) is 1. The van der Waals surface area contributed by atoms with E-state index in [-0.39, 0.29) is 5.41 Å². The molecule has 0 amide bonds. The molecule has 1 aromatic rings. The van der Waals surface area contributed by atoms with Crippen molar-refractivity contribution in [3.63, 3.8) is 0 Å². The maximum Gasteiger partial charge on any atom is 0.290 e. The van der Waals surface area contributed by atoms with Gasteiger partial charge in [-0.2, -0.15) is 4.57 Å². The second-order valence-corrected chi connectivity index (χ2v) is 6.35. The molecule has 0 saturated carbocycles. The Morgan fingerprint density at radius 1 is 1.16 bits per heavy atom. The molecule has 3 heteroatoms. The van der Waals surface area contributed by atoms with Gasteiger partial charge >= 0.3 is 0 Å². The van der Waals surface area contributed by atoms with Crippen LogP contribution in [0.5, 0.6) is 0 Å². The van der Waals surface area contributed by atoms with Gasteiger partial charge < -0.3 is 4.90 Å². The number of aromatic nitrogens is 1. The average molecular weight is 261 g/mol. The first kappa shape index (κ1) is 15.4. The number of hydrogen-bond donors (Lipinski definition) is 0. The van der Waals surface area contributed by atoms with Gasteiger partial charge in [0.2, 0.25) is 6.21 Å². The third kappa shape index (κ3) is 4.86. The molecule has 0 spiro atoms. The zero-order valence-corrected chi connectivity index (χ0v) is 13.3. The summed E-state index contributed by atoms with van der Waals surface area (Å²) in [5.41, 5.74) is 2.67. The third-order valence-electron chi connectivity index (χ3n) is 2.77. The van der Waals surface area contributed by atoms with Crippen molar-refractivity contribution in [1.82, 2.24) is 4.90 Å². The van der Waals surface area contributed by atoms with Gasteiger partial charge in [-0.3, -0.25) is 0 Å². The molecule has 0 unspecified atom stereocenters. The fourth-order valence-corrected chi connectivity index (χ4v) is 1.79. The standard InChI is InChI=1S/C16H27N3/c1-16(2,3)14-8-10-19(11-9-14)15(12-17(4)5)13-18(6)7/h8-13H,1-7H3/q+2. The molecule has 0 aliphatic rings. The molecule has 0 fully saturated rings. The Morgan fingerprint density at radius 2 is 1.68 bits per heavy atom. The maximum atomic E-state index is 2.23. The molecule has 1 heterocycles. The van der Waals surface area contributed by atoms with Crippen molar-refractivity contribution < 1.29 is 9.14 Å². The monoisotopic (exact) mass is 261 g/mol. The van der Waals surface area contributed by atoms with Crippen LogP contribution in [0.3, 0.4) is 0 Å². The Morgan fingerprint density at radius 3 is 2.05 bits per heavy atom. The Kier molecular flexibility index (Phi) is 4.87. The van der Waals surface area contributed by atoms with E-state index in [0.29, 0.717) is 0 Å². The van der Waals surface area contributed by atoms with E-state index in [1.165, 1.54) is 5.56 Å². The van der Waals surface area contributed by atoms with Crippen molar-refractivity contribution in [2.24, 2.45) is 0 Å². The molecule has 0 radical (unpaired) electrons. The van der Waals surface area contributed by atoms with Gasteiger partial charge in [0, 0.05) is 26.2 Å². The molecule has 1 aromatic heterocycles. The summed E-state index contributed by atoms with van der Waals surface area (Å²) < 4.78 is 4.19. The SMILES string of the molecule is CN(C)/C=C(\C=[N+](C)C)[n+]1ccc(C(C)(C)C)cc1. The summed E-state index contributed by atoms with van der Waals surface area (Å²) in [6.07, 6.45) is 8.46. The summed E-state index contributed by atoms with van der Waals surface area (Å²) in [4.78, 5) is 2.06. The molecule has 19 heavy (non-hydrogen) atoms. The van der Waals surface area contributed by atoms with Crippen molar-refractivity contribution in [2.45, 2.75) is 26.2 Å². The third-order valence-corrected chi connectivity index (χ3v) is 2.77. The van der Waals surface area contributed by atoms with Gasteiger partial charge in [0.25, 0.3) is 5.70 Å². The molecular formula is C16H27N3+2. The molecule has 0 bridgehead atoms. The van der Waals surface area contributed by atoms with E-state index in [0.717, 1.165) is 5.70 Å². The lowest BCUT2D eigenvalue weighted by Gasteiger charge is -2.17. The Balaban J connectivity index is 3.16. The van der Waals surface area contributed by atoms with Gasteiger partial charge in [0.15, 0.2) is 12.4 Å². The summed E-state index contributed by atoms with van der Waals surface area (Å²) >= 11 is 0. The van der Waals surface area contributed by atoms with Gasteiger partial charge in [-0.25, -0.2) is 4.58 Å². The fourth-order valence-electron chi connectivity index (χ4n) is 1.79. The minimum atomic E-state index is 0.190. The van der Waals surface area contributed by atoms with Gasteiger partial charge in [-0.05, 0) is 11.0 Å². The van der Waals surface area contributed by atoms with Crippen LogP contribution in [-0.4, -0.2) is 43.9 Å². The molecule has 0 aliphatic carbocycles. The van der Waals surface area contributed by atoms with Gasteiger partial charge in [0.1, 0.15) is 14.1 Å². The van der Waals surface area contributed by atoms with Crippen LogP contribution >= 0.6 is 0 Å². The van der Waals surface area contributed by atoms with Gasteiger partial charge in [0.05, 0.1) is 6.20 Å². The molecule has 3 nitrogen and oxygen atoms in total.